The average Bonchev–Trinajstić information content (AvgIpc) is 3.10. The van der Waals surface area contributed by atoms with Gasteiger partial charge in [-0.1, -0.05) is 47.5 Å². The highest BCUT2D eigenvalue weighted by Gasteiger charge is 2.37. The summed E-state index contributed by atoms with van der Waals surface area (Å²) in [5.74, 6) is -1.36. The molecule has 0 aromatic heterocycles. The van der Waals surface area contributed by atoms with E-state index in [0.717, 1.165) is 28.6 Å². The number of carbonyl (C=O) groups excluding carboxylic acids is 4. The van der Waals surface area contributed by atoms with Crippen molar-refractivity contribution in [3.63, 3.8) is 0 Å². The Morgan fingerprint density at radius 2 is 1.80 bits per heavy atom. The second-order valence-electron chi connectivity index (χ2n) is 7.78. The van der Waals surface area contributed by atoms with E-state index < -0.39 is 17.1 Å². The number of rotatable bonds is 6. The molecule has 8 nitrogen and oxygen atoms in total. The van der Waals surface area contributed by atoms with Crippen LogP contribution in [0, 0.1) is 0 Å². The molecule has 0 atom stereocenters. The lowest BCUT2D eigenvalue weighted by molar-refractivity contribution is -0.142. The van der Waals surface area contributed by atoms with Crippen molar-refractivity contribution in [1.82, 2.24) is 9.80 Å². The number of imide groups is 1. The molecule has 2 aromatic carbocycles. The molecular weight excluding hydrogens is 515 g/mol. The minimum atomic E-state index is -0.599. The minimum Gasteiger partial charge on any atom is -0.479 e. The van der Waals surface area contributed by atoms with Crippen molar-refractivity contribution in [3.05, 3.63) is 68.0 Å². The number of fused-ring (bicyclic) bond motifs is 1. The summed E-state index contributed by atoms with van der Waals surface area (Å²) in [5.41, 5.74) is 2.72. The van der Waals surface area contributed by atoms with Gasteiger partial charge in [0.1, 0.15) is 6.54 Å². The smallest absolute Gasteiger partial charge is 0.343 e. The highest BCUT2D eigenvalue weighted by Crippen LogP contribution is 2.37. The molecule has 0 N–H and O–H groups in total. The van der Waals surface area contributed by atoms with Crippen molar-refractivity contribution >= 4 is 64.1 Å². The summed E-state index contributed by atoms with van der Waals surface area (Å²) in [6, 6.07) is 10.9. The van der Waals surface area contributed by atoms with Crippen molar-refractivity contribution in [1.29, 1.82) is 0 Å². The molecule has 2 aliphatic rings. The fourth-order valence-electron chi connectivity index (χ4n) is 3.72. The molecule has 1 fully saturated rings. The molecule has 0 aliphatic carbocycles. The van der Waals surface area contributed by atoms with Gasteiger partial charge in [-0.15, -0.1) is 0 Å². The molecular formula is C24H20Cl2N2O6S. The third-order valence-electron chi connectivity index (χ3n) is 5.53. The molecule has 4 rings (SSSR count). The van der Waals surface area contributed by atoms with Gasteiger partial charge in [0.2, 0.25) is 5.91 Å². The van der Waals surface area contributed by atoms with E-state index in [1.807, 2.05) is 24.3 Å². The minimum absolute atomic E-state index is 0.0951. The summed E-state index contributed by atoms with van der Waals surface area (Å²) in [6.07, 6.45) is 2.19. The molecule has 0 bridgehead atoms. The fraction of sp³-hybridized carbons (Fsp3) is 0.250. The van der Waals surface area contributed by atoms with Crippen LogP contribution in [0.5, 0.6) is 5.75 Å². The first-order valence-electron chi connectivity index (χ1n) is 10.6. The predicted molar refractivity (Wildman–Crippen MR) is 132 cm³/mol. The SMILES string of the molecule is COC(=O)COc1c(Cl)cc(/C=C2\SC(=O)N(CC(=O)N3CCc4ccccc4C3)C2=O)cc1Cl. The van der Waals surface area contributed by atoms with E-state index in [1.54, 1.807) is 4.90 Å². The maximum atomic E-state index is 12.9. The molecule has 2 heterocycles. The maximum absolute atomic E-state index is 12.9. The lowest BCUT2D eigenvalue weighted by atomic mass is 10.00. The van der Waals surface area contributed by atoms with Crippen molar-refractivity contribution in [3.8, 4) is 5.75 Å². The van der Waals surface area contributed by atoms with Gasteiger partial charge >= 0.3 is 5.97 Å². The number of esters is 1. The van der Waals surface area contributed by atoms with Crippen LogP contribution < -0.4 is 4.74 Å². The van der Waals surface area contributed by atoms with Gasteiger partial charge in [0.15, 0.2) is 12.4 Å². The molecule has 3 amide bonds. The van der Waals surface area contributed by atoms with Crippen LogP contribution in [0.4, 0.5) is 4.79 Å². The zero-order valence-electron chi connectivity index (χ0n) is 18.6. The van der Waals surface area contributed by atoms with Crippen LogP contribution in [-0.4, -0.2) is 59.6 Å². The lowest BCUT2D eigenvalue weighted by Crippen LogP contribution is -2.44. The molecule has 0 saturated carbocycles. The van der Waals surface area contributed by atoms with Gasteiger partial charge in [-0.25, -0.2) is 4.79 Å². The number of hydrogen-bond acceptors (Lipinski definition) is 7. The number of benzene rings is 2. The summed E-state index contributed by atoms with van der Waals surface area (Å²) in [4.78, 5) is 52.3. The summed E-state index contributed by atoms with van der Waals surface area (Å²) >= 11 is 13.2. The van der Waals surface area contributed by atoms with E-state index in [2.05, 4.69) is 4.74 Å². The number of nitrogens with zero attached hydrogens (tertiary/aromatic N) is 2. The molecule has 35 heavy (non-hydrogen) atoms. The molecule has 0 unspecified atom stereocenters. The van der Waals surface area contributed by atoms with Crippen molar-refractivity contribution in [2.24, 2.45) is 0 Å². The lowest BCUT2D eigenvalue weighted by Gasteiger charge is -2.29. The number of ether oxygens (including phenoxy) is 2. The molecule has 0 spiro atoms. The third-order valence-corrected chi connectivity index (χ3v) is 7.00. The summed E-state index contributed by atoms with van der Waals surface area (Å²) in [7, 11) is 1.23. The normalized spacial score (nSPS) is 16.5. The Bertz CT molecular complexity index is 1230. The third kappa shape index (κ3) is 5.63. The van der Waals surface area contributed by atoms with Crippen LogP contribution in [0.1, 0.15) is 16.7 Å². The number of halogens is 2. The second-order valence-corrected chi connectivity index (χ2v) is 9.59. The van der Waals surface area contributed by atoms with Gasteiger partial charge in [-0.05, 0) is 53.1 Å². The van der Waals surface area contributed by atoms with E-state index >= 15 is 0 Å². The van der Waals surface area contributed by atoms with Crippen LogP contribution >= 0.6 is 35.0 Å². The van der Waals surface area contributed by atoms with Gasteiger partial charge in [0, 0.05) is 13.1 Å². The number of thioether (sulfide) groups is 1. The maximum Gasteiger partial charge on any atom is 0.343 e. The highest BCUT2D eigenvalue weighted by molar-refractivity contribution is 8.18. The predicted octanol–water partition coefficient (Wildman–Crippen LogP) is 4.17. The molecule has 2 aromatic rings. The largest absolute Gasteiger partial charge is 0.479 e. The average molecular weight is 535 g/mol. The van der Waals surface area contributed by atoms with Crippen LogP contribution in [-0.2, 0) is 32.1 Å². The Morgan fingerprint density at radius 1 is 1.11 bits per heavy atom. The molecule has 11 heteroatoms. The van der Waals surface area contributed by atoms with Crippen molar-refractivity contribution in [2.45, 2.75) is 13.0 Å². The number of carbonyl (C=O) groups is 4. The molecule has 0 radical (unpaired) electrons. The Hall–Kier alpha value is -3.01. The molecule has 182 valence electrons. The Balaban J connectivity index is 1.44. The summed E-state index contributed by atoms with van der Waals surface area (Å²) in [5, 5.41) is -0.290. The van der Waals surface area contributed by atoms with Gasteiger partial charge in [0.25, 0.3) is 11.1 Å². The Morgan fingerprint density at radius 3 is 2.49 bits per heavy atom. The number of hydrogen-bond donors (Lipinski definition) is 0. The molecule has 2 aliphatic heterocycles. The standard InChI is InChI=1S/C24H20Cl2N2O6S/c1-33-21(30)13-34-22-17(25)8-14(9-18(22)26)10-19-23(31)28(24(32)35-19)12-20(29)27-7-6-15-4-2-3-5-16(15)11-27/h2-5,8-10H,6-7,11-13H2,1H3/b19-10-. The van der Waals surface area contributed by atoms with Crippen molar-refractivity contribution < 1.29 is 28.7 Å². The van der Waals surface area contributed by atoms with Crippen LogP contribution in [0.3, 0.4) is 0 Å². The van der Waals surface area contributed by atoms with E-state index in [9.17, 15) is 19.2 Å². The Labute approximate surface area is 215 Å². The highest BCUT2D eigenvalue weighted by atomic mass is 35.5. The zero-order chi connectivity index (χ0) is 25.1. The second kappa shape index (κ2) is 10.7. The number of amides is 3. The summed E-state index contributed by atoms with van der Waals surface area (Å²) < 4.78 is 9.80. The quantitative estimate of drug-likeness (QED) is 0.405. The van der Waals surface area contributed by atoms with Gasteiger partial charge in [-0.2, -0.15) is 0 Å². The first-order chi connectivity index (χ1) is 16.8. The molecule has 1 saturated heterocycles. The van der Waals surface area contributed by atoms with Crippen LogP contribution in [0.25, 0.3) is 6.08 Å². The topological polar surface area (TPSA) is 93.2 Å². The van der Waals surface area contributed by atoms with Gasteiger partial charge in [0.05, 0.1) is 22.1 Å². The van der Waals surface area contributed by atoms with E-state index in [4.69, 9.17) is 27.9 Å². The monoisotopic (exact) mass is 534 g/mol. The van der Waals surface area contributed by atoms with E-state index in [-0.39, 0.29) is 39.8 Å². The summed E-state index contributed by atoms with van der Waals surface area (Å²) in [6.45, 7) is 0.280. The van der Waals surface area contributed by atoms with E-state index in [0.29, 0.717) is 18.7 Å². The van der Waals surface area contributed by atoms with Crippen LogP contribution in [0.2, 0.25) is 10.0 Å². The number of methoxy groups -OCH3 is 1. The van der Waals surface area contributed by atoms with Gasteiger partial charge in [-0.3, -0.25) is 19.3 Å². The Kier molecular flexibility index (Phi) is 7.69. The first-order valence-corrected chi connectivity index (χ1v) is 12.1. The van der Waals surface area contributed by atoms with Crippen molar-refractivity contribution in [2.75, 3.05) is 26.8 Å². The van der Waals surface area contributed by atoms with E-state index in [1.165, 1.54) is 30.9 Å². The fourth-order valence-corrected chi connectivity index (χ4v) is 5.17. The zero-order valence-corrected chi connectivity index (χ0v) is 20.9. The van der Waals surface area contributed by atoms with Crippen LogP contribution in [0.15, 0.2) is 41.3 Å². The van der Waals surface area contributed by atoms with Gasteiger partial charge < -0.3 is 14.4 Å². The first kappa shape index (κ1) is 25.1.